The van der Waals surface area contributed by atoms with Gasteiger partial charge in [0.05, 0.1) is 11.7 Å². The zero-order valence-corrected chi connectivity index (χ0v) is 15.6. The van der Waals surface area contributed by atoms with E-state index < -0.39 is 11.6 Å². The number of hydrogen-bond acceptors (Lipinski definition) is 5. The van der Waals surface area contributed by atoms with Crippen molar-refractivity contribution in [2.24, 2.45) is 0 Å². The van der Waals surface area contributed by atoms with Crippen LogP contribution in [0.5, 0.6) is 11.5 Å². The van der Waals surface area contributed by atoms with Crippen LogP contribution in [0.3, 0.4) is 0 Å². The molecule has 0 bridgehead atoms. The minimum Gasteiger partial charge on any atom is -0.456 e. The minimum absolute atomic E-state index is 0.339. The van der Waals surface area contributed by atoms with E-state index in [1.165, 1.54) is 18.5 Å². The predicted octanol–water partition coefficient (Wildman–Crippen LogP) is 4.80. The monoisotopic (exact) mass is 408 g/mol. The molecule has 0 saturated heterocycles. The molecule has 3 heterocycles. The van der Waals surface area contributed by atoms with Gasteiger partial charge in [0.2, 0.25) is 0 Å². The lowest BCUT2D eigenvalue weighted by molar-refractivity contribution is 0.472. The maximum Gasteiger partial charge on any atom is 0.161 e. The highest BCUT2D eigenvalue weighted by atomic mass is 19.2. The molecule has 8 heteroatoms. The molecule has 30 heavy (non-hydrogen) atoms. The van der Waals surface area contributed by atoms with Crippen LogP contribution in [-0.2, 0) is 13.0 Å². The maximum absolute atomic E-state index is 13.8. The van der Waals surface area contributed by atoms with Crippen molar-refractivity contribution in [2.45, 2.75) is 13.0 Å². The Morgan fingerprint density at radius 2 is 1.77 bits per heavy atom. The number of pyridine rings is 1. The third-order valence-corrected chi connectivity index (χ3v) is 5.00. The first kappa shape index (κ1) is 18.4. The van der Waals surface area contributed by atoms with Crippen molar-refractivity contribution in [3.8, 4) is 11.5 Å². The third kappa shape index (κ3) is 3.41. The van der Waals surface area contributed by atoms with Crippen LogP contribution in [0, 0.1) is 17.5 Å². The van der Waals surface area contributed by atoms with E-state index in [2.05, 4.69) is 15.0 Å². The number of ether oxygens (including phenoxy) is 1. The van der Waals surface area contributed by atoms with E-state index in [-0.39, 0.29) is 5.82 Å². The van der Waals surface area contributed by atoms with Crippen molar-refractivity contribution in [2.75, 3.05) is 11.4 Å². The van der Waals surface area contributed by atoms with E-state index in [0.717, 1.165) is 23.4 Å². The Kier molecular flexibility index (Phi) is 4.46. The van der Waals surface area contributed by atoms with Gasteiger partial charge < -0.3 is 9.64 Å². The number of hydrogen-bond donors (Lipinski definition) is 0. The van der Waals surface area contributed by atoms with Crippen molar-refractivity contribution < 1.29 is 17.9 Å². The lowest BCUT2D eigenvalue weighted by atomic mass is 10.0. The summed E-state index contributed by atoms with van der Waals surface area (Å²) in [6.45, 7) is 1.09. The van der Waals surface area contributed by atoms with Crippen molar-refractivity contribution in [3.63, 3.8) is 0 Å². The highest BCUT2D eigenvalue weighted by Crippen LogP contribution is 2.31. The van der Waals surface area contributed by atoms with Crippen LogP contribution in [0.2, 0.25) is 0 Å². The lowest BCUT2D eigenvalue weighted by Gasteiger charge is -2.30. The van der Waals surface area contributed by atoms with Gasteiger partial charge in [-0.15, -0.1) is 0 Å². The maximum atomic E-state index is 13.8. The van der Waals surface area contributed by atoms with Gasteiger partial charge in [-0.1, -0.05) is 6.07 Å². The zero-order chi connectivity index (χ0) is 20.7. The van der Waals surface area contributed by atoms with E-state index >= 15 is 0 Å². The first-order chi connectivity index (χ1) is 14.6. The molecule has 0 amide bonds. The SMILES string of the molecule is Fc1cccc(Oc2cnc3c(c2)CN(c2ncnc4cc(F)c(F)cc24)CC3)c1. The van der Waals surface area contributed by atoms with Gasteiger partial charge in [-0.3, -0.25) is 4.98 Å². The Morgan fingerprint density at radius 1 is 0.900 bits per heavy atom. The summed E-state index contributed by atoms with van der Waals surface area (Å²) in [5.74, 6) is -0.877. The van der Waals surface area contributed by atoms with Crippen molar-refractivity contribution in [1.29, 1.82) is 0 Å². The molecule has 0 atom stereocenters. The fourth-order valence-corrected chi connectivity index (χ4v) is 3.60. The number of aromatic nitrogens is 3. The molecule has 1 aliphatic rings. The van der Waals surface area contributed by atoms with Gasteiger partial charge in [0.1, 0.15) is 29.5 Å². The Hall–Kier alpha value is -3.68. The van der Waals surface area contributed by atoms with Gasteiger partial charge in [-0.2, -0.15) is 0 Å². The molecule has 5 rings (SSSR count). The van der Waals surface area contributed by atoms with Crippen LogP contribution in [0.25, 0.3) is 10.9 Å². The molecule has 2 aromatic carbocycles. The quantitative estimate of drug-likeness (QED) is 0.488. The standard InChI is InChI=1S/C22H15F3N4O/c23-14-2-1-3-15(7-14)30-16-6-13-11-29(5-4-20(13)26-10-16)22-17-8-18(24)19(25)9-21(17)27-12-28-22/h1-3,6-10,12H,4-5,11H2. The van der Waals surface area contributed by atoms with Crippen molar-refractivity contribution in [1.82, 2.24) is 15.0 Å². The van der Waals surface area contributed by atoms with Gasteiger partial charge in [-0.25, -0.2) is 23.1 Å². The van der Waals surface area contributed by atoms with Gasteiger partial charge in [-0.05, 0) is 29.8 Å². The molecule has 5 nitrogen and oxygen atoms in total. The second-order valence-electron chi connectivity index (χ2n) is 6.99. The second-order valence-corrected chi connectivity index (χ2v) is 6.99. The number of halogens is 3. The molecule has 0 unspecified atom stereocenters. The Morgan fingerprint density at radius 3 is 2.63 bits per heavy atom. The normalized spacial score (nSPS) is 13.4. The van der Waals surface area contributed by atoms with Crippen LogP contribution in [0.4, 0.5) is 19.0 Å². The van der Waals surface area contributed by atoms with Crippen LogP contribution in [0.15, 0.2) is 55.0 Å². The highest BCUT2D eigenvalue weighted by molar-refractivity contribution is 5.89. The summed E-state index contributed by atoms with van der Waals surface area (Å²) in [6.07, 6.45) is 3.61. The Balaban J connectivity index is 1.46. The van der Waals surface area contributed by atoms with E-state index in [1.807, 2.05) is 11.0 Å². The minimum atomic E-state index is -0.945. The van der Waals surface area contributed by atoms with Gasteiger partial charge in [0.15, 0.2) is 11.6 Å². The second kappa shape index (κ2) is 7.29. The smallest absolute Gasteiger partial charge is 0.161 e. The number of fused-ring (bicyclic) bond motifs is 2. The molecule has 0 N–H and O–H groups in total. The lowest BCUT2D eigenvalue weighted by Crippen LogP contribution is -2.31. The summed E-state index contributed by atoms with van der Waals surface area (Å²) < 4.78 is 46.5. The Bertz CT molecular complexity index is 1260. The van der Waals surface area contributed by atoms with E-state index in [0.29, 0.717) is 47.7 Å². The summed E-state index contributed by atoms with van der Waals surface area (Å²) in [7, 11) is 0. The first-order valence-electron chi connectivity index (χ1n) is 9.33. The molecule has 0 spiro atoms. The molecule has 150 valence electrons. The van der Waals surface area contributed by atoms with Crippen LogP contribution < -0.4 is 9.64 Å². The highest BCUT2D eigenvalue weighted by Gasteiger charge is 2.22. The van der Waals surface area contributed by atoms with E-state index in [9.17, 15) is 13.2 Å². The molecule has 0 saturated carbocycles. The summed E-state index contributed by atoms with van der Waals surface area (Å²) in [5, 5.41) is 0.444. The molecular formula is C22H15F3N4O. The van der Waals surface area contributed by atoms with Crippen molar-refractivity contribution in [3.05, 3.63) is 83.7 Å². The molecular weight excluding hydrogens is 393 g/mol. The van der Waals surface area contributed by atoms with Crippen molar-refractivity contribution >= 4 is 16.7 Å². The predicted molar refractivity (Wildman–Crippen MR) is 105 cm³/mol. The zero-order valence-electron chi connectivity index (χ0n) is 15.6. The molecule has 0 fully saturated rings. The number of nitrogens with zero attached hydrogens (tertiary/aromatic N) is 4. The van der Waals surface area contributed by atoms with Crippen LogP contribution >= 0.6 is 0 Å². The molecule has 0 aliphatic carbocycles. The summed E-state index contributed by atoms with van der Waals surface area (Å²) in [4.78, 5) is 14.8. The summed E-state index contributed by atoms with van der Waals surface area (Å²) in [6, 6.07) is 9.92. The Labute approximate surface area is 169 Å². The van der Waals surface area contributed by atoms with Crippen LogP contribution in [0.1, 0.15) is 11.3 Å². The molecule has 1 aliphatic heterocycles. The van der Waals surface area contributed by atoms with E-state index in [4.69, 9.17) is 4.74 Å². The topological polar surface area (TPSA) is 51.1 Å². The third-order valence-electron chi connectivity index (χ3n) is 5.00. The first-order valence-corrected chi connectivity index (χ1v) is 9.33. The number of rotatable bonds is 3. The average Bonchev–Trinajstić information content (AvgIpc) is 2.74. The molecule has 0 radical (unpaired) electrons. The fourth-order valence-electron chi connectivity index (χ4n) is 3.60. The molecule has 4 aromatic rings. The van der Waals surface area contributed by atoms with Gasteiger partial charge >= 0.3 is 0 Å². The number of anilines is 1. The largest absolute Gasteiger partial charge is 0.456 e. The number of benzene rings is 2. The van der Waals surface area contributed by atoms with Gasteiger partial charge in [0.25, 0.3) is 0 Å². The van der Waals surface area contributed by atoms with Crippen LogP contribution in [-0.4, -0.2) is 21.5 Å². The summed E-state index contributed by atoms with van der Waals surface area (Å²) >= 11 is 0. The average molecular weight is 408 g/mol. The summed E-state index contributed by atoms with van der Waals surface area (Å²) in [5.41, 5.74) is 2.18. The molecule has 2 aromatic heterocycles. The van der Waals surface area contributed by atoms with Gasteiger partial charge in [0, 0.05) is 42.7 Å². The van der Waals surface area contributed by atoms with E-state index in [1.54, 1.807) is 18.3 Å². The fraction of sp³-hybridized carbons (Fsp3) is 0.136.